The Morgan fingerprint density at radius 1 is 0.268 bits per heavy atom. The van der Waals surface area contributed by atoms with Crippen LogP contribution in [0.3, 0.4) is 0 Å². The van der Waals surface area contributed by atoms with E-state index in [1.165, 1.54) is 111 Å². The first kappa shape index (κ1) is 41.2. The van der Waals surface area contributed by atoms with Gasteiger partial charge in [0.05, 0.1) is 11.1 Å². The minimum absolute atomic E-state index is 0.137. The monoisotopic (exact) mass is 903 g/mol. The molecule has 11 aromatic carbocycles. The molecule has 1 nitrogen and oxygen atoms in total. The van der Waals surface area contributed by atoms with E-state index in [2.05, 4.69) is 280 Å². The van der Waals surface area contributed by atoms with Gasteiger partial charge in [-0.25, -0.2) is 0 Å². The van der Waals surface area contributed by atoms with Gasteiger partial charge in [0.25, 0.3) is 0 Å². The Balaban J connectivity index is 1.04. The number of anilines is 3. The average Bonchev–Trinajstić information content (AvgIpc) is 4.01. The predicted octanol–water partition coefficient (Wildman–Crippen LogP) is 18.5. The summed E-state index contributed by atoms with van der Waals surface area (Å²) in [6.45, 7) is 4.76. The van der Waals surface area contributed by atoms with Crippen molar-refractivity contribution in [3.63, 3.8) is 0 Å². The van der Waals surface area contributed by atoms with Gasteiger partial charge in [0.1, 0.15) is 0 Å². The zero-order valence-electron chi connectivity index (χ0n) is 39.8. The van der Waals surface area contributed by atoms with Crippen molar-refractivity contribution in [1.82, 2.24) is 0 Å². The summed E-state index contributed by atoms with van der Waals surface area (Å²) < 4.78 is 0. The van der Waals surface area contributed by atoms with E-state index < -0.39 is 5.41 Å². The van der Waals surface area contributed by atoms with Gasteiger partial charge >= 0.3 is 0 Å². The van der Waals surface area contributed by atoms with Crippen LogP contribution in [0.2, 0.25) is 0 Å². The number of rotatable bonds is 7. The lowest BCUT2D eigenvalue weighted by molar-refractivity contribution is 0.662. The average molecular weight is 904 g/mol. The van der Waals surface area contributed by atoms with Crippen LogP contribution in [-0.4, -0.2) is 0 Å². The SMILES string of the molecule is CC1(C)c2ccccc2-c2cccc(-c3ccc(N(c4ccc5c(c4)C4(c6ccccc6-c6ccccc64)c4ccccc4-5)c4cccc(-c5ccccc5)c4-c4ccccc4-c4ccccc4)cc3)c21. The summed E-state index contributed by atoms with van der Waals surface area (Å²) in [6.07, 6.45) is 0. The van der Waals surface area contributed by atoms with Crippen LogP contribution in [0.5, 0.6) is 0 Å². The summed E-state index contributed by atoms with van der Waals surface area (Å²) >= 11 is 0. The molecule has 0 N–H and O–H groups in total. The van der Waals surface area contributed by atoms with Crippen LogP contribution in [-0.2, 0) is 10.8 Å². The summed E-state index contributed by atoms with van der Waals surface area (Å²) in [7, 11) is 0. The highest BCUT2D eigenvalue weighted by Crippen LogP contribution is 2.64. The zero-order valence-corrected chi connectivity index (χ0v) is 39.8. The Morgan fingerprint density at radius 2 is 0.676 bits per heavy atom. The van der Waals surface area contributed by atoms with Gasteiger partial charge in [0, 0.05) is 22.4 Å². The van der Waals surface area contributed by atoms with Crippen molar-refractivity contribution < 1.29 is 0 Å². The Labute approximate surface area is 416 Å². The van der Waals surface area contributed by atoms with Crippen molar-refractivity contribution in [2.45, 2.75) is 24.7 Å². The van der Waals surface area contributed by atoms with Gasteiger partial charge in [-0.05, 0) is 136 Å². The van der Waals surface area contributed by atoms with Gasteiger partial charge in [-0.15, -0.1) is 0 Å². The molecule has 14 rings (SSSR count). The van der Waals surface area contributed by atoms with Crippen LogP contribution in [0.4, 0.5) is 17.1 Å². The maximum atomic E-state index is 2.53. The number of benzene rings is 11. The minimum Gasteiger partial charge on any atom is -0.310 e. The quantitative estimate of drug-likeness (QED) is 0.154. The molecule has 0 bridgehead atoms. The zero-order chi connectivity index (χ0) is 47.3. The van der Waals surface area contributed by atoms with Crippen molar-refractivity contribution >= 4 is 17.1 Å². The highest BCUT2D eigenvalue weighted by molar-refractivity contribution is 6.03. The number of fused-ring (bicyclic) bond motifs is 13. The molecule has 0 fully saturated rings. The third-order valence-corrected chi connectivity index (χ3v) is 15.9. The molecule has 334 valence electrons. The molecule has 71 heavy (non-hydrogen) atoms. The maximum Gasteiger partial charge on any atom is 0.0726 e. The summed E-state index contributed by atoms with van der Waals surface area (Å²) in [4.78, 5) is 2.53. The fraction of sp³-hybridized carbons (Fsp3) is 0.0571. The first-order valence-electron chi connectivity index (χ1n) is 24.9. The van der Waals surface area contributed by atoms with Crippen molar-refractivity contribution in [3.8, 4) is 77.9 Å². The molecular weight excluding hydrogens is 855 g/mol. The van der Waals surface area contributed by atoms with E-state index in [1.54, 1.807) is 0 Å². The molecule has 1 spiro atoms. The third-order valence-electron chi connectivity index (χ3n) is 15.9. The van der Waals surface area contributed by atoms with Gasteiger partial charge < -0.3 is 4.90 Å². The normalized spacial score (nSPS) is 13.7. The second kappa shape index (κ2) is 15.9. The lowest BCUT2D eigenvalue weighted by Crippen LogP contribution is -2.26. The molecule has 11 aromatic rings. The Kier molecular flexibility index (Phi) is 9.22. The van der Waals surface area contributed by atoms with Crippen LogP contribution >= 0.6 is 0 Å². The highest BCUT2D eigenvalue weighted by atomic mass is 15.1. The maximum absolute atomic E-state index is 2.53. The first-order valence-corrected chi connectivity index (χ1v) is 24.9. The van der Waals surface area contributed by atoms with E-state index in [0.717, 1.165) is 17.1 Å². The predicted molar refractivity (Wildman–Crippen MR) is 297 cm³/mol. The van der Waals surface area contributed by atoms with Crippen LogP contribution in [0.15, 0.2) is 261 Å². The number of hydrogen-bond acceptors (Lipinski definition) is 1. The van der Waals surface area contributed by atoms with E-state index in [9.17, 15) is 0 Å². The van der Waals surface area contributed by atoms with E-state index in [0.29, 0.717) is 0 Å². The van der Waals surface area contributed by atoms with Gasteiger partial charge in [-0.1, -0.05) is 244 Å². The van der Waals surface area contributed by atoms with Crippen LogP contribution < -0.4 is 4.90 Å². The van der Waals surface area contributed by atoms with Crippen molar-refractivity contribution in [2.75, 3.05) is 4.90 Å². The molecule has 0 unspecified atom stereocenters. The lowest BCUT2D eigenvalue weighted by atomic mass is 9.70. The molecule has 1 heteroatoms. The molecule has 0 aromatic heterocycles. The van der Waals surface area contributed by atoms with E-state index in [1.807, 2.05) is 0 Å². The molecule has 0 amide bonds. The van der Waals surface area contributed by atoms with Crippen molar-refractivity contribution in [2.24, 2.45) is 0 Å². The minimum atomic E-state index is -0.489. The van der Waals surface area contributed by atoms with E-state index >= 15 is 0 Å². The molecule has 0 saturated carbocycles. The van der Waals surface area contributed by atoms with Crippen LogP contribution in [0, 0.1) is 0 Å². The second-order valence-corrected chi connectivity index (χ2v) is 19.9. The number of nitrogens with zero attached hydrogens (tertiary/aromatic N) is 1. The Bertz CT molecular complexity index is 3830. The van der Waals surface area contributed by atoms with E-state index in [-0.39, 0.29) is 5.41 Å². The summed E-state index contributed by atoms with van der Waals surface area (Å²) in [5.41, 5.74) is 28.2. The fourth-order valence-electron chi connectivity index (χ4n) is 13.0. The highest BCUT2D eigenvalue weighted by Gasteiger charge is 2.51. The van der Waals surface area contributed by atoms with Crippen LogP contribution in [0.1, 0.15) is 47.2 Å². The summed E-state index contributed by atoms with van der Waals surface area (Å²) in [5.74, 6) is 0. The third kappa shape index (κ3) is 6.00. The van der Waals surface area contributed by atoms with Crippen LogP contribution in [0.25, 0.3) is 77.9 Å². The standard InChI is InChI=1S/C70H49N/c1-69(2)61-34-15-11-29-57(61)60-33-19-32-53(68(60)69)48-39-41-49(42-40-48)71(66-38-20-31-52(47-23-7-4-8-24-47)67(66)59-30-10-9-25-51(59)46-21-5-3-6-22-46)50-43-44-58-56-28-14-18-37-64(56)70(65(58)45-50)62-35-16-12-26-54(62)55-27-13-17-36-63(55)70/h3-45H,1-2H3. The van der Waals surface area contributed by atoms with Gasteiger partial charge in [-0.3, -0.25) is 0 Å². The van der Waals surface area contributed by atoms with Gasteiger partial charge in [-0.2, -0.15) is 0 Å². The molecule has 0 saturated heterocycles. The van der Waals surface area contributed by atoms with E-state index in [4.69, 9.17) is 0 Å². The molecular formula is C70H49N. The number of hydrogen-bond donors (Lipinski definition) is 0. The molecule has 3 aliphatic rings. The first-order chi connectivity index (χ1) is 35.0. The second-order valence-electron chi connectivity index (χ2n) is 19.9. The molecule has 0 atom stereocenters. The largest absolute Gasteiger partial charge is 0.310 e. The smallest absolute Gasteiger partial charge is 0.0726 e. The molecule has 0 aliphatic heterocycles. The Morgan fingerprint density at radius 3 is 1.28 bits per heavy atom. The topological polar surface area (TPSA) is 3.24 Å². The van der Waals surface area contributed by atoms with Crippen molar-refractivity contribution in [3.05, 3.63) is 294 Å². The lowest BCUT2D eigenvalue weighted by Gasteiger charge is -2.33. The molecule has 0 radical (unpaired) electrons. The Hall–Kier alpha value is -8.78. The molecule has 3 aliphatic carbocycles. The van der Waals surface area contributed by atoms with Crippen molar-refractivity contribution in [1.29, 1.82) is 0 Å². The summed E-state index contributed by atoms with van der Waals surface area (Å²) in [5, 5.41) is 0. The molecule has 0 heterocycles. The van der Waals surface area contributed by atoms with Gasteiger partial charge in [0.15, 0.2) is 0 Å². The van der Waals surface area contributed by atoms with Gasteiger partial charge in [0.2, 0.25) is 0 Å². The summed E-state index contributed by atoms with van der Waals surface area (Å²) in [6, 6.07) is 97.4. The fourth-order valence-corrected chi connectivity index (χ4v) is 13.0.